The highest BCUT2D eigenvalue weighted by Crippen LogP contribution is 2.17. The summed E-state index contributed by atoms with van der Waals surface area (Å²) in [6.07, 6.45) is 2.00. The maximum atomic E-state index is 12.2. The van der Waals surface area contributed by atoms with Gasteiger partial charge in [0.2, 0.25) is 5.76 Å². The number of carbonyl (C=O) groups excluding carboxylic acids is 1. The second kappa shape index (κ2) is 7.07. The normalized spacial score (nSPS) is 10.0. The van der Waals surface area contributed by atoms with E-state index in [1.165, 1.54) is 6.20 Å². The predicted molar refractivity (Wildman–Crippen MR) is 79.9 cm³/mol. The molecular weight excluding hydrogens is 288 g/mol. The zero-order valence-corrected chi connectivity index (χ0v) is 12.7. The highest BCUT2D eigenvalue weighted by atomic mass is 32.1. The first-order chi connectivity index (χ1) is 10.1. The number of aryl methyl sites for hydroxylation is 1. The molecule has 2 aromatic rings. The van der Waals surface area contributed by atoms with E-state index in [-0.39, 0.29) is 18.3 Å². The molecule has 0 saturated heterocycles. The van der Waals surface area contributed by atoms with Crippen molar-refractivity contribution in [2.75, 3.05) is 13.7 Å². The highest BCUT2D eigenvalue weighted by Gasteiger charge is 2.19. The Bertz CT molecular complexity index is 678. The number of aromatic nitrogens is 1. The van der Waals surface area contributed by atoms with Gasteiger partial charge in [0, 0.05) is 34.9 Å². The van der Waals surface area contributed by atoms with E-state index in [9.17, 15) is 4.79 Å². The van der Waals surface area contributed by atoms with Crippen LogP contribution >= 0.6 is 11.3 Å². The Kier molecular flexibility index (Phi) is 5.14. The van der Waals surface area contributed by atoms with Gasteiger partial charge < -0.3 is 14.5 Å². The fraction of sp³-hybridized carbons (Fsp3) is 0.333. The first-order valence-electron chi connectivity index (χ1n) is 6.45. The van der Waals surface area contributed by atoms with Crippen LogP contribution < -0.4 is 0 Å². The number of rotatable bonds is 4. The highest BCUT2D eigenvalue weighted by molar-refractivity contribution is 7.10. The zero-order valence-electron chi connectivity index (χ0n) is 11.9. The lowest BCUT2D eigenvalue weighted by Crippen LogP contribution is -2.25. The van der Waals surface area contributed by atoms with Crippen LogP contribution in [-0.2, 0) is 6.54 Å². The maximum Gasteiger partial charge on any atom is 0.292 e. The number of carbonyl (C=O) groups is 1. The average Bonchev–Trinajstić information content (AvgIpc) is 3.07. The summed E-state index contributed by atoms with van der Waals surface area (Å²) in [6, 6.07) is 1.95. The molecule has 0 aliphatic carbocycles. The molecular formula is C15H16N2O3S. The van der Waals surface area contributed by atoms with Gasteiger partial charge in [-0.2, -0.15) is 0 Å². The second-order valence-corrected chi connectivity index (χ2v) is 5.57. The number of nitrogens with zero attached hydrogens (tertiary/aromatic N) is 2. The lowest BCUT2D eigenvalue weighted by atomic mass is 10.2. The lowest BCUT2D eigenvalue weighted by molar-refractivity contribution is 0.0744. The molecule has 5 nitrogen and oxygen atoms in total. The minimum atomic E-state index is -0.189. The molecule has 0 radical (unpaired) electrons. The van der Waals surface area contributed by atoms with Crippen molar-refractivity contribution in [2.24, 2.45) is 0 Å². The Labute approximate surface area is 127 Å². The van der Waals surface area contributed by atoms with Crippen LogP contribution in [0.3, 0.4) is 0 Å². The summed E-state index contributed by atoms with van der Waals surface area (Å²) in [5, 5.41) is 14.2. The van der Waals surface area contributed by atoms with Crippen LogP contribution in [0.4, 0.5) is 0 Å². The minimum absolute atomic E-state index is 0.0672. The molecule has 0 aromatic carbocycles. The van der Waals surface area contributed by atoms with Crippen LogP contribution in [0.15, 0.2) is 22.2 Å². The Hall–Kier alpha value is -2.10. The van der Waals surface area contributed by atoms with Gasteiger partial charge in [-0.25, -0.2) is 0 Å². The van der Waals surface area contributed by atoms with Gasteiger partial charge in [0.05, 0.1) is 19.3 Å². The molecule has 0 unspecified atom stereocenters. The van der Waals surface area contributed by atoms with Crippen molar-refractivity contribution < 1.29 is 14.4 Å². The van der Waals surface area contributed by atoms with Crippen LogP contribution in [0.25, 0.3) is 0 Å². The molecule has 110 valence electrons. The Balaban J connectivity index is 2.00. The van der Waals surface area contributed by atoms with Crippen molar-refractivity contribution in [1.82, 2.24) is 10.1 Å². The molecule has 0 atom stereocenters. The number of thiophene rings is 1. The van der Waals surface area contributed by atoms with Gasteiger partial charge >= 0.3 is 0 Å². The molecule has 0 saturated carbocycles. The Morgan fingerprint density at radius 1 is 1.57 bits per heavy atom. The molecule has 2 heterocycles. The molecule has 0 fully saturated rings. The predicted octanol–water partition coefficient (Wildman–Crippen LogP) is 2.05. The summed E-state index contributed by atoms with van der Waals surface area (Å²) in [6.45, 7) is 2.35. The monoisotopic (exact) mass is 304 g/mol. The number of hydrogen-bond donors (Lipinski definition) is 1. The van der Waals surface area contributed by atoms with Crippen molar-refractivity contribution in [1.29, 1.82) is 0 Å². The molecule has 1 N–H and O–H groups in total. The molecule has 2 rings (SSSR count). The molecule has 0 spiro atoms. The summed E-state index contributed by atoms with van der Waals surface area (Å²) in [7, 11) is 1.72. The summed E-state index contributed by atoms with van der Waals surface area (Å²) >= 11 is 1.55. The third-order valence-electron chi connectivity index (χ3n) is 2.81. The topological polar surface area (TPSA) is 66.6 Å². The van der Waals surface area contributed by atoms with Gasteiger partial charge in [-0.3, -0.25) is 4.79 Å². The van der Waals surface area contributed by atoms with E-state index in [1.807, 2.05) is 11.4 Å². The summed E-state index contributed by atoms with van der Waals surface area (Å²) in [5.41, 5.74) is 1.63. The largest absolute Gasteiger partial charge is 0.395 e. The Morgan fingerprint density at radius 3 is 3.05 bits per heavy atom. The van der Waals surface area contributed by atoms with Crippen LogP contribution in [0.5, 0.6) is 0 Å². The van der Waals surface area contributed by atoms with Crippen molar-refractivity contribution in [3.05, 3.63) is 39.4 Å². The molecule has 0 aliphatic rings. The van der Waals surface area contributed by atoms with Crippen LogP contribution in [-0.4, -0.2) is 34.7 Å². The zero-order chi connectivity index (χ0) is 15.2. The molecule has 21 heavy (non-hydrogen) atoms. The molecule has 1 amide bonds. The number of aliphatic hydroxyl groups excluding tert-OH is 1. The fourth-order valence-corrected chi connectivity index (χ4v) is 2.59. The van der Waals surface area contributed by atoms with Gasteiger partial charge in [-0.05, 0) is 13.0 Å². The quantitative estimate of drug-likeness (QED) is 0.878. The maximum absolute atomic E-state index is 12.2. The number of hydrogen-bond acceptors (Lipinski definition) is 5. The third kappa shape index (κ3) is 3.94. The van der Waals surface area contributed by atoms with E-state index in [4.69, 9.17) is 9.63 Å². The van der Waals surface area contributed by atoms with Gasteiger partial charge in [0.15, 0.2) is 0 Å². The first kappa shape index (κ1) is 15.3. The van der Waals surface area contributed by atoms with E-state index < -0.39 is 0 Å². The van der Waals surface area contributed by atoms with E-state index in [1.54, 1.807) is 30.2 Å². The number of amides is 1. The summed E-state index contributed by atoms with van der Waals surface area (Å²) in [4.78, 5) is 14.8. The van der Waals surface area contributed by atoms with Gasteiger partial charge in [-0.1, -0.05) is 17.0 Å². The second-order valence-electron chi connectivity index (χ2n) is 4.58. The molecule has 6 heteroatoms. The first-order valence-corrected chi connectivity index (χ1v) is 7.33. The average molecular weight is 304 g/mol. The van der Waals surface area contributed by atoms with Crippen molar-refractivity contribution in [2.45, 2.75) is 19.9 Å². The van der Waals surface area contributed by atoms with Crippen molar-refractivity contribution in [3.8, 4) is 11.8 Å². The van der Waals surface area contributed by atoms with Crippen LogP contribution in [0.2, 0.25) is 0 Å². The standard InChI is InChI=1S/C15H16N2O3S/c1-11-8-16-20-14(11)15(19)17(2)9-13-7-12(10-21-13)5-3-4-6-18/h7-8,10,18H,4,6,9H2,1-2H3. The SMILES string of the molecule is Cc1cnoc1C(=O)N(C)Cc1cc(C#CCCO)cs1. The van der Waals surface area contributed by atoms with E-state index >= 15 is 0 Å². The summed E-state index contributed by atoms with van der Waals surface area (Å²) < 4.78 is 4.97. The lowest BCUT2D eigenvalue weighted by Gasteiger charge is -2.14. The third-order valence-corrected chi connectivity index (χ3v) is 3.73. The van der Waals surface area contributed by atoms with Crippen LogP contribution in [0, 0.1) is 18.8 Å². The van der Waals surface area contributed by atoms with Gasteiger partial charge in [0.25, 0.3) is 5.91 Å². The van der Waals surface area contributed by atoms with E-state index in [0.29, 0.717) is 13.0 Å². The van der Waals surface area contributed by atoms with Crippen molar-refractivity contribution in [3.63, 3.8) is 0 Å². The molecule has 2 aromatic heterocycles. The smallest absolute Gasteiger partial charge is 0.292 e. The van der Waals surface area contributed by atoms with Crippen LogP contribution in [0.1, 0.15) is 33.0 Å². The minimum Gasteiger partial charge on any atom is -0.395 e. The molecule has 0 bridgehead atoms. The van der Waals surface area contributed by atoms with Crippen molar-refractivity contribution >= 4 is 17.2 Å². The van der Waals surface area contributed by atoms with Gasteiger partial charge in [-0.15, -0.1) is 11.3 Å². The van der Waals surface area contributed by atoms with Gasteiger partial charge in [0.1, 0.15) is 0 Å². The summed E-state index contributed by atoms with van der Waals surface area (Å²) in [5.74, 6) is 5.93. The number of aliphatic hydroxyl groups is 1. The molecule has 0 aliphatic heterocycles. The van der Waals surface area contributed by atoms with E-state index in [2.05, 4.69) is 17.0 Å². The fourth-order valence-electron chi connectivity index (χ4n) is 1.72. The Morgan fingerprint density at radius 2 is 2.38 bits per heavy atom. The van der Waals surface area contributed by atoms with E-state index in [0.717, 1.165) is 16.0 Å².